The zero-order chi connectivity index (χ0) is 16.4. The normalized spacial score (nSPS) is 13.2. The van der Waals surface area contributed by atoms with Crippen LogP contribution < -0.4 is 4.72 Å². The SMILES string of the molecule is CCC[C@H](NS(=O)(=O)c1c(C)c(Cl)cc(C)c1Cl)C(=O)O. The number of hydrogen-bond acceptors (Lipinski definition) is 3. The second kappa shape index (κ2) is 6.96. The maximum atomic E-state index is 12.5. The lowest BCUT2D eigenvalue weighted by Gasteiger charge is -2.17. The lowest BCUT2D eigenvalue weighted by molar-refractivity contribution is -0.139. The molecule has 0 bridgehead atoms. The lowest BCUT2D eigenvalue weighted by atomic mass is 10.2. The van der Waals surface area contributed by atoms with Gasteiger partial charge in [-0.3, -0.25) is 4.79 Å². The molecule has 5 nitrogen and oxygen atoms in total. The number of halogens is 2. The lowest BCUT2D eigenvalue weighted by Crippen LogP contribution is -2.41. The van der Waals surface area contributed by atoms with E-state index in [9.17, 15) is 13.2 Å². The van der Waals surface area contributed by atoms with Crippen molar-refractivity contribution < 1.29 is 18.3 Å². The van der Waals surface area contributed by atoms with E-state index in [-0.39, 0.29) is 21.4 Å². The molecular formula is C13H17Cl2NO4S. The summed E-state index contributed by atoms with van der Waals surface area (Å²) < 4.78 is 27.1. The first kappa shape index (κ1) is 18.2. The van der Waals surface area contributed by atoms with Crippen molar-refractivity contribution in [1.82, 2.24) is 4.72 Å². The van der Waals surface area contributed by atoms with Crippen molar-refractivity contribution in [3.8, 4) is 0 Å². The number of nitrogens with one attached hydrogen (secondary N) is 1. The fourth-order valence-corrected chi connectivity index (χ4v) is 4.34. The first-order chi connectivity index (χ1) is 9.61. The van der Waals surface area contributed by atoms with Crippen molar-refractivity contribution in [3.63, 3.8) is 0 Å². The van der Waals surface area contributed by atoms with Gasteiger partial charge in [0.1, 0.15) is 10.9 Å². The molecular weight excluding hydrogens is 337 g/mol. The number of rotatable bonds is 6. The molecule has 1 rings (SSSR count). The Morgan fingerprint density at radius 2 is 1.95 bits per heavy atom. The van der Waals surface area contributed by atoms with E-state index in [1.54, 1.807) is 19.9 Å². The molecule has 0 aliphatic heterocycles. The minimum absolute atomic E-state index is 0.0463. The molecule has 0 aliphatic carbocycles. The molecule has 0 aliphatic rings. The van der Waals surface area contributed by atoms with Gasteiger partial charge in [-0.25, -0.2) is 8.42 Å². The molecule has 0 aromatic heterocycles. The molecule has 1 atom stereocenters. The molecule has 0 fully saturated rings. The highest BCUT2D eigenvalue weighted by Crippen LogP contribution is 2.33. The van der Waals surface area contributed by atoms with Gasteiger partial charge in [-0.2, -0.15) is 4.72 Å². The summed E-state index contributed by atoms with van der Waals surface area (Å²) in [5.74, 6) is -1.23. The second-order valence-electron chi connectivity index (χ2n) is 4.74. The van der Waals surface area contributed by atoms with Crippen LogP contribution in [0.4, 0.5) is 0 Å². The Bertz CT molecular complexity index is 632. The highest BCUT2D eigenvalue weighted by molar-refractivity contribution is 7.89. The van der Waals surface area contributed by atoms with Gasteiger partial charge in [-0.1, -0.05) is 36.5 Å². The van der Waals surface area contributed by atoms with E-state index < -0.39 is 22.0 Å². The van der Waals surface area contributed by atoms with Crippen molar-refractivity contribution in [2.45, 2.75) is 44.6 Å². The van der Waals surface area contributed by atoms with Crippen LogP contribution in [0, 0.1) is 13.8 Å². The molecule has 0 unspecified atom stereocenters. The highest BCUT2D eigenvalue weighted by Gasteiger charge is 2.29. The fourth-order valence-electron chi connectivity index (χ4n) is 1.90. The van der Waals surface area contributed by atoms with Crippen molar-refractivity contribution in [2.24, 2.45) is 0 Å². The van der Waals surface area contributed by atoms with Gasteiger partial charge in [0.25, 0.3) is 0 Å². The Balaban J connectivity index is 3.35. The number of aryl methyl sites for hydroxylation is 1. The molecule has 118 valence electrons. The number of hydrogen-bond donors (Lipinski definition) is 2. The predicted molar refractivity (Wildman–Crippen MR) is 82.6 cm³/mol. The third kappa shape index (κ3) is 4.10. The monoisotopic (exact) mass is 353 g/mol. The first-order valence-corrected chi connectivity index (χ1v) is 8.56. The van der Waals surface area contributed by atoms with Crippen molar-refractivity contribution in [2.75, 3.05) is 0 Å². The summed E-state index contributed by atoms with van der Waals surface area (Å²) in [7, 11) is -4.08. The summed E-state index contributed by atoms with van der Waals surface area (Å²) >= 11 is 12.1. The summed E-state index contributed by atoms with van der Waals surface area (Å²) in [6, 6.07) is 0.369. The summed E-state index contributed by atoms with van der Waals surface area (Å²) in [6.45, 7) is 4.93. The van der Waals surface area contributed by atoms with Gasteiger partial charge in [-0.05, 0) is 37.5 Å². The Morgan fingerprint density at radius 1 is 1.38 bits per heavy atom. The molecule has 0 spiro atoms. The second-order valence-corrected chi connectivity index (χ2v) is 7.18. The number of carboxylic acid groups (broad SMARTS) is 1. The van der Waals surface area contributed by atoms with Crippen molar-refractivity contribution in [3.05, 3.63) is 27.2 Å². The number of carbonyl (C=O) groups is 1. The van der Waals surface area contributed by atoms with E-state index >= 15 is 0 Å². The Morgan fingerprint density at radius 3 is 2.43 bits per heavy atom. The van der Waals surface area contributed by atoms with Gasteiger partial charge in [0.2, 0.25) is 10.0 Å². The molecule has 2 N–H and O–H groups in total. The Labute approximate surface area is 134 Å². The van der Waals surface area contributed by atoms with Crippen LogP contribution >= 0.6 is 23.2 Å². The Hall–Kier alpha value is -0.820. The number of carboxylic acids is 1. The number of sulfonamides is 1. The minimum atomic E-state index is -4.08. The smallest absolute Gasteiger partial charge is 0.321 e. The van der Waals surface area contributed by atoms with E-state index in [1.807, 2.05) is 0 Å². The van der Waals surface area contributed by atoms with E-state index in [2.05, 4.69) is 4.72 Å². The molecule has 1 aromatic rings. The summed E-state index contributed by atoms with van der Waals surface area (Å²) in [6.07, 6.45) is 0.714. The summed E-state index contributed by atoms with van der Waals surface area (Å²) in [5, 5.41) is 9.39. The van der Waals surface area contributed by atoms with Crippen LogP contribution in [0.5, 0.6) is 0 Å². The largest absolute Gasteiger partial charge is 0.480 e. The Kier molecular flexibility index (Phi) is 6.04. The third-order valence-electron chi connectivity index (χ3n) is 3.03. The maximum Gasteiger partial charge on any atom is 0.321 e. The topological polar surface area (TPSA) is 83.5 Å². The molecule has 0 saturated carbocycles. The van der Waals surface area contributed by atoms with Gasteiger partial charge in [-0.15, -0.1) is 0 Å². The van der Waals surface area contributed by atoms with Crippen LogP contribution in [-0.2, 0) is 14.8 Å². The molecule has 0 heterocycles. The predicted octanol–water partition coefficient (Wildman–Crippen LogP) is 3.14. The summed E-state index contributed by atoms with van der Waals surface area (Å²) in [4.78, 5) is 10.9. The molecule has 0 radical (unpaired) electrons. The average Bonchev–Trinajstić information content (AvgIpc) is 2.35. The maximum absolute atomic E-state index is 12.5. The fraction of sp³-hybridized carbons (Fsp3) is 0.462. The van der Waals surface area contributed by atoms with Crippen molar-refractivity contribution >= 4 is 39.2 Å². The number of benzene rings is 1. The van der Waals surface area contributed by atoms with E-state index in [0.717, 1.165) is 0 Å². The quantitative estimate of drug-likeness (QED) is 0.822. The highest BCUT2D eigenvalue weighted by atomic mass is 35.5. The van der Waals surface area contributed by atoms with Crippen LogP contribution in [0.3, 0.4) is 0 Å². The van der Waals surface area contributed by atoms with Crippen LogP contribution in [0.2, 0.25) is 10.0 Å². The standard InChI is InChI=1S/C13H17Cl2NO4S/c1-4-5-10(13(17)18)16-21(19,20)12-8(3)9(14)6-7(2)11(12)15/h6,10,16H,4-5H2,1-3H3,(H,17,18)/t10-/m0/s1. The van der Waals surface area contributed by atoms with Gasteiger partial charge in [0, 0.05) is 5.02 Å². The van der Waals surface area contributed by atoms with Gasteiger partial charge in [0.15, 0.2) is 0 Å². The zero-order valence-corrected chi connectivity index (χ0v) is 14.2. The van der Waals surface area contributed by atoms with Crippen LogP contribution in [0.15, 0.2) is 11.0 Å². The van der Waals surface area contributed by atoms with Gasteiger partial charge < -0.3 is 5.11 Å². The third-order valence-corrected chi connectivity index (χ3v) is 5.66. The summed E-state index contributed by atoms with van der Waals surface area (Å²) in [5.41, 5.74) is 0.801. The molecule has 0 saturated heterocycles. The minimum Gasteiger partial charge on any atom is -0.480 e. The van der Waals surface area contributed by atoms with Crippen molar-refractivity contribution in [1.29, 1.82) is 0 Å². The number of aliphatic carboxylic acids is 1. The van der Waals surface area contributed by atoms with Gasteiger partial charge >= 0.3 is 5.97 Å². The molecule has 8 heteroatoms. The van der Waals surface area contributed by atoms with Crippen LogP contribution in [-0.4, -0.2) is 25.5 Å². The van der Waals surface area contributed by atoms with Gasteiger partial charge in [0.05, 0.1) is 5.02 Å². The first-order valence-electron chi connectivity index (χ1n) is 6.32. The molecule has 21 heavy (non-hydrogen) atoms. The van der Waals surface area contributed by atoms with Crippen LogP contribution in [0.1, 0.15) is 30.9 Å². The van der Waals surface area contributed by atoms with E-state index in [0.29, 0.717) is 17.5 Å². The van der Waals surface area contributed by atoms with E-state index in [1.165, 1.54) is 6.92 Å². The molecule has 1 aromatic carbocycles. The molecule has 0 amide bonds. The zero-order valence-electron chi connectivity index (χ0n) is 11.9. The van der Waals surface area contributed by atoms with Crippen LogP contribution in [0.25, 0.3) is 0 Å². The average molecular weight is 354 g/mol. The van der Waals surface area contributed by atoms with E-state index in [4.69, 9.17) is 28.3 Å².